The van der Waals surface area contributed by atoms with Gasteiger partial charge in [-0.1, -0.05) is 12.1 Å². The van der Waals surface area contributed by atoms with Gasteiger partial charge < -0.3 is 10.2 Å². The molecule has 0 saturated carbocycles. The van der Waals surface area contributed by atoms with E-state index < -0.39 is 9.84 Å². The van der Waals surface area contributed by atoms with Crippen molar-refractivity contribution < 1.29 is 13.2 Å². The quantitative estimate of drug-likeness (QED) is 0.825. The molecule has 1 aromatic rings. The average Bonchev–Trinajstić information content (AvgIpc) is 2.67. The SMILES string of the molecule is O=C(c1cccc2c1CCNC2)N1CCCS(=O)(=O)CC1. The number of sulfone groups is 1. The molecule has 6 heteroatoms. The molecule has 0 radical (unpaired) electrons. The van der Waals surface area contributed by atoms with Gasteiger partial charge in [-0.15, -0.1) is 0 Å². The van der Waals surface area contributed by atoms with Gasteiger partial charge in [0, 0.05) is 25.2 Å². The molecular weight excluding hydrogens is 288 g/mol. The Morgan fingerprint density at radius 1 is 1.19 bits per heavy atom. The van der Waals surface area contributed by atoms with E-state index in [9.17, 15) is 13.2 Å². The van der Waals surface area contributed by atoms with Crippen LogP contribution in [0.5, 0.6) is 0 Å². The highest BCUT2D eigenvalue weighted by atomic mass is 32.2. The zero-order valence-electron chi connectivity index (χ0n) is 12.0. The summed E-state index contributed by atoms with van der Waals surface area (Å²) in [4.78, 5) is 14.4. The molecule has 0 aliphatic carbocycles. The molecule has 114 valence electrons. The first kappa shape index (κ1) is 14.5. The van der Waals surface area contributed by atoms with Gasteiger partial charge in [0.1, 0.15) is 0 Å². The first-order valence-corrected chi connectivity index (χ1v) is 9.20. The molecule has 0 aromatic heterocycles. The lowest BCUT2D eigenvalue weighted by molar-refractivity contribution is 0.0767. The third kappa shape index (κ3) is 3.11. The second-order valence-electron chi connectivity index (χ2n) is 5.67. The Morgan fingerprint density at radius 2 is 2.05 bits per heavy atom. The Bertz CT molecular complexity index is 655. The molecule has 0 unspecified atom stereocenters. The number of nitrogens with one attached hydrogen (secondary N) is 1. The van der Waals surface area contributed by atoms with Gasteiger partial charge >= 0.3 is 0 Å². The van der Waals surface area contributed by atoms with Crippen LogP contribution in [-0.4, -0.2) is 50.4 Å². The van der Waals surface area contributed by atoms with E-state index in [-0.39, 0.29) is 17.4 Å². The van der Waals surface area contributed by atoms with Gasteiger partial charge in [0.2, 0.25) is 0 Å². The van der Waals surface area contributed by atoms with Crippen LogP contribution in [0.2, 0.25) is 0 Å². The summed E-state index contributed by atoms with van der Waals surface area (Å²) >= 11 is 0. The standard InChI is InChI=1S/C15H20N2O3S/c18-15(17-7-2-9-21(19,20)10-8-17)14-4-1-3-12-11-16-6-5-13(12)14/h1,3-4,16H,2,5-11H2. The Labute approximate surface area is 125 Å². The number of rotatable bonds is 1. The van der Waals surface area contributed by atoms with Gasteiger partial charge in [0.25, 0.3) is 5.91 Å². The third-order valence-corrected chi connectivity index (χ3v) is 5.93. The van der Waals surface area contributed by atoms with Gasteiger partial charge in [0.05, 0.1) is 11.5 Å². The molecule has 1 amide bonds. The predicted octanol–water partition coefficient (Wildman–Crippen LogP) is 0.593. The van der Waals surface area contributed by atoms with Gasteiger partial charge in [-0.2, -0.15) is 0 Å². The fraction of sp³-hybridized carbons (Fsp3) is 0.533. The molecule has 1 aromatic carbocycles. The van der Waals surface area contributed by atoms with Crippen molar-refractivity contribution in [3.8, 4) is 0 Å². The number of benzene rings is 1. The van der Waals surface area contributed by atoms with E-state index in [1.54, 1.807) is 4.90 Å². The Hall–Kier alpha value is -1.40. The molecule has 2 aliphatic heterocycles. The second kappa shape index (κ2) is 5.77. The van der Waals surface area contributed by atoms with E-state index in [1.807, 2.05) is 18.2 Å². The van der Waals surface area contributed by atoms with Crippen LogP contribution >= 0.6 is 0 Å². The molecule has 1 fully saturated rings. The molecule has 21 heavy (non-hydrogen) atoms. The van der Waals surface area contributed by atoms with Gasteiger partial charge in [0.15, 0.2) is 9.84 Å². The lowest BCUT2D eigenvalue weighted by atomic mass is 9.94. The minimum Gasteiger partial charge on any atom is -0.338 e. The van der Waals surface area contributed by atoms with Gasteiger partial charge in [-0.25, -0.2) is 8.42 Å². The Kier molecular flexibility index (Phi) is 3.99. The minimum atomic E-state index is -2.99. The summed E-state index contributed by atoms with van der Waals surface area (Å²) in [5.74, 6) is 0.244. The van der Waals surface area contributed by atoms with Crippen molar-refractivity contribution in [3.05, 3.63) is 34.9 Å². The van der Waals surface area contributed by atoms with Crippen LogP contribution in [0.1, 0.15) is 27.9 Å². The predicted molar refractivity (Wildman–Crippen MR) is 81.0 cm³/mol. The zero-order valence-corrected chi connectivity index (χ0v) is 12.8. The van der Waals surface area contributed by atoms with Crippen LogP contribution < -0.4 is 5.32 Å². The largest absolute Gasteiger partial charge is 0.338 e. The number of hydrogen-bond acceptors (Lipinski definition) is 4. The summed E-state index contributed by atoms with van der Waals surface area (Å²) in [5, 5.41) is 3.30. The fourth-order valence-corrected chi connectivity index (χ4v) is 4.32. The van der Waals surface area contributed by atoms with Crippen LogP contribution in [0.3, 0.4) is 0 Å². The van der Waals surface area contributed by atoms with E-state index in [4.69, 9.17) is 0 Å². The summed E-state index contributed by atoms with van der Waals surface area (Å²) in [6.45, 7) is 2.51. The summed E-state index contributed by atoms with van der Waals surface area (Å²) in [7, 11) is -2.99. The second-order valence-corrected chi connectivity index (χ2v) is 7.97. The molecule has 5 nitrogen and oxygen atoms in total. The lowest BCUT2D eigenvalue weighted by Crippen LogP contribution is -2.35. The maximum absolute atomic E-state index is 12.7. The number of hydrogen-bond donors (Lipinski definition) is 1. The molecular formula is C15H20N2O3S. The zero-order chi connectivity index (χ0) is 14.9. The first-order chi connectivity index (χ1) is 10.1. The number of amides is 1. The van der Waals surface area contributed by atoms with Crippen molar-refractivity contribution in [1.82, 2.24) is 10.2 Å². The lowest BCUT2D eigenvalue weighted by Gasteiger charge is -2.24. The van der Waals surface area contributed by atoms with Crippen molar-refractivity contribution >= 4 is 15.7 Å². The van der Waals surface area contributed by atoms with Crippen LogP contribution in [0, 0.1) is 0 Å². The molecule has 0 atom stereocenters. The van der Waals surface area contributed by atoms with E-state index in [0.717, 1.165) is 30.6 Å². The van der Waals surface area contributed by atoms with E-state index in [0.29, 0.717) is 19.5 Å². The number of carbonyl (C=O) groups is 1. The molecule has 0 spiro atoms. The molecule has 2 aliphatic rings. The molecule has 1 saturated heterocycles. The number of nitrogens with zero attached hydrogens (tertiary/aromatic N) is 1. The first-order valence-electron chi connectivity index (χ1n) is 7.38. The molecule has 0 bridgehead atoms. The summed E-state index contributed by atoms with van der Waals surface area (Å²) in [6, 6.07) is 5.82. The highest BCUT2D eigenvalue weighted by Gasteiger charge is 2.25. The van der Waals surface area contributed by atoms with Crippen molar-refractivity contribution in [1.29, 1.82) is 0 Å². The maximum Gasteiger partial charge on any atom is 0.254 e. The van der Waals surface area contributed by atoms with Crippen LogP contribution in [-0.2, 0) is 22.8 Å². The summed E-state index contributed by atoms with van der Waals surface area (Å²) in [6.07, 6.45) is 1.38. The van der Waals surface area contributed by atoms with Crippen LogP contribution in [0.4, 0.5) is 0 Å². The highest BCUT2D eigenvalue weighted by Crippen LogP contribution is 2.21. The van der Waals surface area contributed by atoms with Gasteiger partial charge in [-0.05, 0) is 36.6 Å². The highest BCUT2D eigenvalue weighted by molar-refractivity contribution is 7.91. The van der Waals surface area contributed by atoms with Crippen LogP contribution in [0.25, 0.3) is 0 Å². The van der Waals surface area contributed by atoms with E-state index in [2.05, 4.69) is 5.32 Å². The molecule has 3 rings (SSSR count). The van der Waals surface area contributed by atoms with Crippen LogP contribution in [0.15, 0.2) is 18.2 Å². The summed E-state index contributed by atoms with van der Waals surface area (Å²) in [5.41, 5.74) is 3.04. The Morgan fingerprint density at radius 3 is 2.90 bits per heavy atom. The topological polar surface area (TPSA) is 66.5 Å². The van der Waals surface area contributed by atoms with Gasteiger partial charge in [-0.3, -0.25) is 4.79 Å². The average molecular weight is 308 g/mol. The number of fused-ring (bicyclic) bond motifs is 1. The smallest absolute Gasteiger partial charge is 0.254 e. The van der Waals surface area contributed by atoms with Crippen molar-refractivity contribution in [2.45, 2.75) is 19.4 Å². The number of carbonyl (C=O) groups excluding carboxylic acids is 1. The van der Waals surface area contributed by atoms with Crippen molar-refractivity contribution in [3.63, 3.8) is 0 Å². The summed E-state index contributed by atoms with van der Waals surface area (Å²) < 4.78 is 23.3. The Balaban J connectivity index is 1.85. The molecule has 2 heterocycles. The van der Waals surface area contributed by atoms with E-state index >= 15 is 0 Å². The van der Waals surface area contributed by atoms with E-state index in [1.165, 1.54) is 5.56 Å². The molecule has 1 N–H and O–H groups in total. The normalized spacial score (nSPS) is 21.4. The van der Waals surface area contributed by atoms with Crippen molar-refractivity contribution in [2.75, 3.05) is 31.1 Å². The van der Waals surface area contributed by atoms with Crippen molar-refractivity contribution in [2.24, 2.45) is 0 Å². The monoisotopic (exact) mass is 308 g/mol. The maximum atomic E-state index is 12.7. The minimum absolute atomic E-state index is 0.0224. The third-order valence-electron chi connectivity index (χ3n) is 4.21. The fourth-order valence-electron chi connectivity index (χ4n) is 3.04.